The molecule has 17 nitrogen and oxygen atoms in total. The van der Waals surface area contributed by atoms with Gasteiger partial charge in [0.1, 0.15) is 10.9 Å². The second-order valence-corrected chi connectivity index (χ2v) is 32.2. The molecule has 123 heavy (non-hydrogen) atoms. The number of fused-ring (bicyclic) bond motifs is 1. The summed E-state index contributed by atoms with van der Waals surface area (Å²) in [5.74, 6) is -0.146. The number of aliphatic hydroxyl groups is 5. The Morgan fingerprint density at radius 2 is 0.846 bits per heavy atom. The van der Waals surface area contributed by atoms with E-state index in [1.807, 2.05) is 163 Å². The molecule has 11 rings (SSSR count). The first kappa shape index (κ1) is 120. The molecule has 5 N–H and O–H groups in total. The fourth-order valence-corrected chi connectivity index (χ4v) is 9.60. The van der Waals surface area contributed by atoms with Gasteiger partial charge < -0.3 is 30.5 Å². The second-order valence-electron chi connectivity index (χ2n) is 27.0. The average Bonchev–Trinajstić information content (AvgIpc) is 0.993. The van der Waals surface area contributed by atoms with Crippen LogP contribution in [0.25, 0.3) is 50.4 Å². The average molecular weight is 2660 g/mol. The SMILES string of the molecule is CC(=O)C=C(C)O.CC(=O)C=C(C)O.CC(=O)C=C(C)O.CC(=O)C=C(C)O.CC(C)(C)C(=O)C=C(O)C(C)(C)C.Clc1ccc(-c2[c-]cccc2)nn1.FS(F)(F)(F)(F)c1c[c-]c(-c2ccccn2)cc1.FS(F)(F)(F)(F)c1c[c-]c(-n2cccn2)cc1.[Ir].[Ir].[Ir].[Ir].[Ir].[c-]1ccccc1-c1ccc2ccccc2n1.[c-]1ccccc1Cc1ccccn1. The monoisotopic (exact) mass is 2660 g/mol. The van der Waals surface area contributed by atoms with Gasteiger partial charge in [0.15, 0.2) is 28.9 Å². The minimum Gasteiger partial charge on any atom is -0.512 e. The van der Waals surface area contributed by atoms with Crippen molar-refractivity contribution in [2.75, 3.05) is 0 Å². The van der Waals surface area contributed by atoms with Crippen molar-refractivity contribution >= 4 is 71.9 Å². The number of halogens is 11. The van der Waals surface area contributed by atoms with Gasteiger partial charge in [0.2, 0.25) is 0 Å². The second kappa shape index (κ2) is 53.9. The van der Waals surface area contributed by atoms with Crippen LogP contribution in [0.2, 0.25) is 5.15 Å². The maximum Gasteiger partial charge on any atom is 0.283 e. The van der Waals surface area contributed by atoms with Crippen molar-refractivity contribution in [1.82, 2.24) is 34.9 Å². The summed E-state index contributed by atoms with van der Waals surface area (Å²) >= 11 is 5.62. The number of pyridine rings is 3. The van der Waals surface area contributed by atoms with Gasteiger partial charge in [-0.15, -0.1) is 158 Å². The number of aromatic nitrogens is 7. The molecule has 0 unspecified atom stereocenters. The molecule has 35 heteroatoms. The zero-order valence-corrected chi connectivity index (χ0v) is 82.9. The van der Waals surface area contributed by atoms with E-state index in [2.05, 4.69) is 78.8 Å². The van der Waals surface area contributed by atoms with Crippen LogP contribution in [-0.2, 0) is 131 Å². The molecule has 0 aliphatic carbocycles. The van der Waals surface area contributed by atoms with E-state index in [0.717, 1.165) is 52.3 Å². The van der Waals surface area contributed by atoms with Crippen LogP contribution in [0.5, 0.6) is 0 Å². The number of ketones is 5. The van der Waals surface area contributed by atoms with E-state index in [-0.39, 0.29) is 187 Å². The summed E-state index contributed by atoms with van der Waals surface area (Å²) in [4.78, 5) is 60.4. The smallest absolute Gasteiger partial charge is 0.283 e. The molecule has 0 atom stereocenters. The molecule has 11 aromatic rings. The van der Waals surface area contributed by atoms with Gasteiger partial charge in [-0.05, 0) is 126 Å². The molecule has 0 aliphatic heterocycles. The number of carbonyl (C=O) groups excluding carboxylic acids is 5. The van der Waals surface area contributed by atoms with Gasteiger partial charge in [-0.25, -0.2) is 0 Å². The summed E-state index contributed by atoms with van der Waals surface area (Å²) in [7, 11) is -19.2. The third-order valence-electron chi connectivity index (χ3n) is 13.6. The van der Waals surface area contributed by atoms with Gasteiger partial charge in [-0.1, -0.05) is 108 Å². The fraction of sp³-hybridized carbons (Fsp3) is 0.193. The maximum absolute atomic E-state index is 12.4. The molecule has 5 radical (unpaired) electrons. The predicted molar refractivity (Wildman–Crippen MR) is 446 cm³/mol. The van der Waals surface area contributed by atoms with E-state index in [1.54, 1.807) is 30.3 Å². The van der Waals surface area contributed by atoms with E-state index in [0.29, 0.717) is 23.0 Å². The fourth-order valence-electron chi connectivity index (χ4n) is 8.28. The molecule has 0 saturated carbocycles. The van der Waals surface area contributed by atoms with Gasteiger partial charge in [-0.3, -0.25) is 38.6 Å². The summed E-state index contributed by atoms with van der Waals surface area (Å²) in [5.41, 5.74) is 6.99. The van der Waals surface area contributed by atoms with Crippen LogP contribution in [0, 0.1) is 41.2 Å². The van der Waals surface area contributed by atoms with Crippen molar-refractivity contribution < 1.29 is 189 Å². The Labute approximate surface area is 783 Å². The van der Waals surface area contributed by atoms with Gasteiger partial charge >= 0.3 is 0 Å². The summed E-state index contributed by atoms with van der Waals surface area (Å²) in [6.45, 7) is 22.5. The molecule has 0 bridgehead atoms. The number of para-hydroxylation sites is 1. The molecule has 677 valence electrons. The van der Waals surface area contributed by atoms with Gasteiger partial charge in [0.05, 0.1) is 28.6 Å². The number of rotatable bonds is 13. The number of hydrogen-bond donors (Lipinski definition) is 5. The molecule has 0 aliphatic rings. The molecule has 5 aromatic heterocycles. The molecule has 0 spiro atoms. The van der Waals surface area contributed by atoms with Crippen LogP contribution >= 0.6 is 32.0 Å². The Kier molecular flexibility index (Phi) is 52.7. The van der Waals surface area contributed by atoms with Gasteiger partial charge in [0, 0.05) is 183 Å². The molecular formula is C88H91ClF10Ir5N7O10S2-5. The van der Waals surface area contributed by atoms with Crippen molar-refractivity contribution in [3.63, 3.8) is 0 Å². The van der Waals surface area contributed by atoms with Crippen molar-refractivity contribution in [3.05, 3.63) is 331 Å². The topological polar surface area (TPSA) is 269 Å². The van der Waals surface area contributed by atoms with Crippen molar-refractivity contribution in [2.45, 2.75) is 113 Å². The van der Waals surface area contributed by atoms with E-state index >= 15 is 0 Å². The first-order valence-corrected chi connectivity index (χ1v) is 39.3. The number of carbonyl (C=O) groups is 5. The first-order chi connectivity index (χ1) is 54.4. The number of hydrogen-bond acceptors (Lipinski definition) is 16. The van der Waals surface area contributed by atoms with Gasteiger partial charge in [-0.2, -0.15) is 58.2 Å². The van der Waals surface area contributed by atoms with Crippen molar-refractivity contribution in [3.8, 4) is 39.5 Å². The maximum atomic E-state index is 12.4. The van der Waals surface area contributed by atoms with Crippen molar-refractivity contribution in [1.29, 1.82) is 0 Å². The summed E-state index contributed by atoms with van der Waals surface area (Å²) in [6.07, 6.45) is 13.0. The van der Waals surface area contributed by atoms with Crippen LogP contribution in [0.4, 0.5) is 38.9 Å². The minimum absolute atomic E-state index is 0. The largest absolute Gasteiger partial charge is 0.512 e. The van der Waals surface area contributed by atoms with Gasteiger partial charge in [0.25, 0.3) is 20.4 Å². The zero-order chi connectivity index (χ0) is 89.4. The standard InChI is InChI=1S/C15H10N.C12H10N.C11H7F5NS.C11H20O2.C10H6ClN2.C9H6F5N2S.4C5H8O2.5Ir/c1-2-6-12(7-3-1)15-11-10-13-8-4-5-9-14(13)16-15;1-2-6-11(7-3-1)10-12-8-4-5-9-13-12;12-18(13,14,15,16)10-6-4-9(5-7-10)11-3-1-2-8-17-11;1-10(2,3)8(12)7-9(13)11(4,5)6;11-10-7-6-9(12-13-10)8-4-2-1-3-5-8;10-17(11,12,13,14)9-4-2-8(3-5-9)16-7-1-6-15-16;4*1-4(6)3-5(2)7;;;;;/h1-6,8-11H;1-6,8-9H,10H2;1-4,6-8H;7,12H,1-6H3;1-4,6-7H;1-2,4-7H;4*3,6H,1-2H3;;;;;/q3*-1;;2*-1;;;;;;;;;. The quantitative estimate of drug-likeness (QED) is 0.0311. The Balaban J connectivity index is -0.000000648. The zero-order valence-electron chi connectivity index (χ0n) is 68.5. The van der Waals surface area contributed by atoms with Crippen LogP contribution in [0.3, 0.4) is 0 Å². The Morgan fingerprint density at radius 3 is 1.20 bits per heavy atom. The van der Waals surface area contributed by atoms with E-state index in [4.69, 9.17) is 32.0 Å². The molecule has 0 amide bonds. The molecule has 0 fully saturated rings. The van der Waals surface area contributed by atoms with E-state index in [9.17, 15) is 67.9 Å². The third-order valence-corrected chi connectivity index (χ3v) is 16.1. The van der Waals surface area contributed by atoms with E-state index < -0.39 is 35.7 Å². The number of nitrogens with zero attached hydrogens (tertiary/aromatic N) is 7. The summed E-state index contributed by atoms with van der Waals surface area (Å²) < 4.78 is 125. The Bertz CT molecular complexity index is 5020. The summed E-state index contributed by atoms with van der Waals surface area (Å²) in [6, 6.07) is 68.3. The number of benzene rings is 6. The Morgan fingerprint density at radius 1 is 0.415 bits per heavy atom. The minimum atomic E-state index is -9.61. The molecule has 5 heterocycles. The number of allylic oxidation sites excluding steroid dienone is 10. The van der Waals surface area contributed by atoms with Crippen LogP contribution < -0.4 is 0 Å². The predicted octanol–water partition coefficient (Wildman–Crippen LogP) is 25.5. The van der Waals surface area contributed by atoms with Crippen LogP contribution in [0.1, 0.15) is 108 Å². The number of aliphatic hydroxyl groups excluding tert-OH is 5. The normalized spacial score (nSPS) is 12.2. The summed E-state index contributed by atoms with van der Waals surface area (Å²) in [5, 5.41) is 56.0. The van der Waals surface area contributed by atoms with Crippen molar-refractivity contribution in [2.24, 2.45) is 10.8 Å². The molecular weight excluding hydrogens is 2570 g/mol. The third kappa shape index (κ3) is 54.3. The van der Waals surface area contributed by atoms with Crippen LogP contribution in [-0.4, -0.2) is 89.4 Å². The molecule has 0 saturated heterocycles. The molecule has 6 aromatic carbocycles. The first-order valence-electron chi connectivity index (χ1n) is 35.0. The van der Waals surface area contributed by atoms with E-state index in [1.165, 1.54) is 120 Å². The van der Waals surface area contributed by atoms with Crippen LogP contribution in [0.15, 0.2) is 294 Å². The Hall–Kier alpha value is -9.09.